The Bertz CT molecular complexity index is 852. The van der Waals surface area contributed by atoms with Crippen molar-refractivity contribution >= 4 is 34.9 Å². The summed E-state index contributed by atoms with van der Waals surface area (Å²) in [6, 6.07) is 9.06. The highest BCUT2D eigenvalue weighted by molar-refractivity contribution is 5.93. The van der Waals surface area contributed by atoms with Crippen LogP contribution in [0.1, 0.15) is 13.3 Å². The third-order valence-electron chi connectivity index (χ3n) is 3.27. The third-order valence-corrected chi connectivity index (χ3v) is 3.27. The number of hydrogen-bond donors (Lipinski definition) is 4. The van der Waals surface area contributed by atoms with Gasteiger partial charge in [-0.05, 0) is 31.2 Å². The molecule has 0 unspecified atom stereocenters. The van der Waals surface area contributed by atoms with E-state index < -0.39 is 12.0 Å². The van der Waals surface area contributed by atoms with Crippen molar-refractivity contribution in [3.05, 3.63) is 36.4 Å². The molecule has 0 bridgehead atoms. The van der Waals surface area contributed by atoms with Gasteiger partial charge in [-0.15, -0.1) is 10.2 Å². The number of nitrogens with one attached hydrogen (secondary N) is 1. The summed E-state index contributed by atoms with van der Waals surface area (Å²) < 4.78 is 5.21. The minimum atomic E-state index is -0.675. The predicted octanol–water partition coefficient (Wildman–Crippen LogP) is 1.62. The summed E-state index contributed by atoms with van der Waals surface area (Å²) in [7, 11) is 0. The first-order chi connectivity index (χ1) is 12.9. The number of nitrogen functional groups attached to an aromatic ring is 1. The number of pyridine rings is 1. The van der Waals surface area contributed by atoms with Gasteiger partial charge in [0.25, 0.3) is 0 Å². The Morgan fingerprint density at radius 3 is 2.56 bits per heavy atom. The number of carbonyl (C=O) groups excluding carboxylic acids is 2. The van der Waals surface area contributed by atoms with Crippen molar-refractivity contribution in [2.75, 3.05) is 17.6 Å². The topological polar surface area (TPSA) is 171 Å². The maximum absolute atomic E-state index is 11.6. The Kier molecular flexibility index (Phi) is 6.92. The smallest absolute Gasteiger partial charge is 0.312 e. The first kappa shape index (κ1) is 19.9. The van der Waals surface area contributed by atoms with Crippen LogP contribution in [0.5, 0.6) is 5.75 Å². The summed E-state index contributed by atoms with van der Waals surface area (Å²) in [6.07, 6.45) is 0.0942. The highest BCUT2D eigenvalue weighted by Gasteiger charge is 2.11. The van der Waals surface area contributed by atoms with Crippen LogP contribution in [0.3, 0.4) is 0 Å². The zero-order valence-electron chi connectivity index (χ0n) is 14.8. The number of anilines is 2. The van der Waals surface area contributed by atoms with Crippen LogP contribution < -0.4 is 27.3 Å². The summed E-state index contributed by atoms with van der Waals surface area (Å²) in [4.78, 5) is 27.2. The normalized spacial score (nSPS) is 12.0. The number of nitrogens with two attached hydrogens (primary N) is 3. The fourth-order valence-corrected chi connectivity index (χ4v) is 1.89. The van der Waals surface area contributed by atoms with Gasteiger partial charge in [0, 0.05) is 6.54 Å². The molecule has 1 heterocycles. The van der Waals surface area contributed by atoms with Crippen molar-refractivity contribution in [2.24, 2.45) is 21.7 Å². The molecule has 27 heavy (non-hydrogen) atoms. The van der Waals surface area contributed by atoms with Gasteiger partial charge in [-0.2, -0.15) is 0 Å². The molecule has 0 aliphatic rings. The largest absolute Gasteiger partial charge is 0.424 e. The minimum absolute atomic E-state index is 0.0684. The summed E-state index contributed by atoms with van der Waals surface area (Å²) >= 11 is 0. The number of para-hydroxylation sites is 1. The monoisotopic (exact) mass is 371 g/mol. The lowest BCUT2D eigenvalue weighted by Gasteiger charge is -2.08. The number of hydrogen-bond acceptors (Lipinski definition) is 9. The van der Waals surface area contributed by atoms with E-state index in [0.29, 0.717) is 5.69 Å². The van der Waals surface area contributed by atoms with Crippen LogP contribution in [0.2, 0.25) is 0 Å². The van der Waals surface area contributed by atoms with Crippen LogP contribution in [0.4, 0.5) is 23.0 Å². The fraction of sp³-hybridized carbons (Fsp3) is 0.235. The van der Waals surface area contributed by atoms with Gasteiger partial charge in [-0.1, -0.05) is 12.1 Å². The number of carbonyl (C=O) groups is 2. The van der Waals surface area contributed by atoms with Crippen molar-refractivity contribution in [1.29, 1.82) is 0 Å². The maximum atomic E-state index is 11.6. The number of amides is 1. The Hall–Kier alpha value is -3.37. The summed E-state index contributed by atoms with van der Waals surface area (Å²) in [5.41, 5.74) is 17.3. The second kappa shape index (κ2) is 9.36. The molecule has 0 saturated carbocycles. The molecule has 142 valence electrons. The van der Waals surface area contributed by atoms with E-state index in [9.17, 15) is 9.59 Å². The number of ether oxygens (including phenoxy) is 1. The molecule has 10 heteroatoms. The van der Waals surface area contributed by atoms with Gasteiger partial charge in [0.2, 0.25) is 5.91 Å². The van der Waals surface area contributed by atoms with Gasteiger partial charge < -0.3 is 27.3 Å². The first-order valence-corrected chi connectivity index (χ1v) is 8.15. The average molecular weight is 371 g/mol. The summed E-state index contributed by atoms with van der Waals surface area (Å²) in [6.45, 7) is 1.75. The molecule has 10 nitrogen and oxygen atoms in total. The lowest BCUT2D eigenvalue weighted by Crippen LogP contribution is -2.32. The van der Waals surface area contributed by atoms with Crippen LogP contribution in [-0.4, -0.2) is 29.4 Å². The molecular weight excluding hydrogens is 350 g/mol. The molecule has 2 aromatic rings. The molecule has 0 spiro atoms. The summed E-state index contributed by atoms with van der Waals surface area (Å²) in [5, 5.41) is 10.6. The van der Waals surface area contributed by atoms with Crippen LogP contribution in [-0.2, 0) is 9.59 Å². The Morgan fingerprint density at radius 2 is 1.89 bits per heavy atom. The standard InChI is InChI=1S/C17H21N7O3/c1-10(19)17(26)22-14-7-6-12(16(20)21-14)24-23-11-4-2-3-5-13(11)27-15(25)8-9-18/h2-7,10H,8-9,18-19H2,1H3,(H3,20,21,22,26)/t10-/m0/s1. The van der Waals surface area contributed by atoms with E-state index in [4.69, 9.17) is 21.9 Å². The van der Waals surface area contributed by atoms with Gasteiger partial charge >= 0.3 is 5.97 Å². The number of esters is 1. The Balaban J connectivity index is 2.16. The van der Waals surface area contributed by atoms with E-state index in [1.165, 1.54) is 6.07 Å². The highest BCUT2D eigenvalue weighted by Crippen LogP contribution is 2.30. The second-order valence-electron chi connectivity index (χ2n) is 5.56. The number of nitrogens with zero attached hydrogens (tertiary/aromatic N) is 3. The molecule has 0 saturated heterocycles. The van der Waals surface area contributed by atoms with E-state index in [2.05, 4.69) is 20.5 Å². The van der Waals surface area contributed by atoms with Gasteiger partial charge in [-0.25, -0.2) is 4.98 Å². The van der Waals surface area contributed by atoms with E-state index in [-0.39, 0.29) is 41.9 Å². The molecule has 7 N–H and O–H groups in total. The van der Waals surface area contributed by atoms with Crippen molar-refractivity contribution in [2.45, 2.75) is 19.4 Å². The lowest BCUT2D eigenvalue weighted by molar-refractivity contribution is -0.134. The zero-order chi connectivity index (χ0) is 19.8. The summed E-state index contributed by atoms with van der Waals surface area (Å²) in [5.74, 6) is -0.268. The van der Waals surface area contributed by atoms with Crippen molar-refractivity contribution in [3.63, 3.8) is 0 Å². The average Bonchev–Trinajstić information content (AvgIpc) is 2.62. The lowest BCUT2D eigenvalue weighted by atomic mass is 10.3. The van der Waals surface area contributed by atoms with E-state index in [1.54, 1.807) is 37.3 Å². The predicted molar refractivity (Wildman–Crippen MR) is 101 cm³/mol. The minimum Gasteiger partial charge on any atom is -0.424 e. The van der Waals surface area contributed by atoms with Gasteiger partial charge in [0.15, 0.2) is 11.6 Å². The van der Waals surface area contributed by atoms with Crippen molar-refractivity contribution in [3.8, 4) is 5.75 Å². The number of rotatable bonds is 7. The molecule has 1 aromatic carbocycles. The molecule has 0 fully saturated rings. The molecule has 1 amide bonds. The van der Waals surface area contributed by atoms with Crippen molar-refractivity contribution in [1.82, 2.24) is 4.98 Å². The molecule has 0 aliphatic heterocycles. The van der Waals surface area contributed by atoms with Crippen molar-refractivity contribution < 1.29 is 14.3 Å². The van der Waals surface area contributed by atoms with Crippen LogP contribution in [0.15, 0.2) is 46.6 Å². The molecule has 0 aliphatic carbocycles. The SMILES string of the molecule is C[C@H](N)C(=O)Nc1ccc(N=Nc2ccccc2OC(=O)CCN)c(N)n1. The second-order valence-corrected chi connectivity index (χ2v) is 5.56. The molecule has 1 aromatic heterocycles. The Morgan fingerprint density at radius 1 is 1.19 bits per heavy atom. The van der Waals surface area contributed by atoms with Gasteiger partial charge in [0.1, 0.15) is 17.2 Å². The van der Waals surface area contributed by atoms with Crippen LogP contribution >= 0.6 is 0 Å². The molecule has 2 rings (SSSR count). The van der Waals surface area contributed by atoms with Gasteiger partial charge in [0.05, 0.1) is 12.5 Å². The van der Waals surface area contributed by atoms with Crippen LogP contribution in [0.25, 0.3) is 0 Å². The zero-order valence-corrected chi connectivity index (χ0v) is 14.8. The maximum Gasteiger partial charge on any atom is 0.312 e. The van der Waals surface area contributed by atoms with Crippen LogP contribution in [0, 0.1) is 0 Å². The van der Waals surface area contributed by atoms with E-state index >= 15 is 0 Å². The number of azo groups is 1. The third kappa shape index (κ3) is 5.83. The van der Waals surface area contributed by atoms with E-state index in [0.717, 1.165) is 0 Å². The molecule has 1 atom stereocenters. The molecule has 0 radical (unpaired) electrons. The molecular formula is C17H21N7O3. The van der Waals surface area contributed by atoms with Gasteiger partial charge in [-0.3, -0.25) is 9.59 Å². The highest BCUT2D eigenvalue weighted by atomic mass is 16.5. The van der Waals surface area contributed by atoms with E-state index in [1.807, 2.05) is 0 Å². The Labute approximate surface area is 155 Å². The number of aromatic nitrogens is 1. The quantitative estimate of drug-likeness (QED) is 0.325. The fourth-order valence-electron chi connectivity index (χ4n) is 1.89. The first-order valence-electron chi connectivity index (χ1n) is 8.15. The number of benzene rings is 1.